The van der Waals surface area contributed by atoms with Gasteiger partial charge in [-0.25, -0.2) is 4.79 Å². The maximum atomic E-state index is 12.9. The number of nitrogens with one attached hydrogen (secondary N) is 2. The maximum Gasteiger partial charge on any atom is 0.339 e. The first kappa shape index (κ1) is 19.6. The quantitative estimate of drug-likeness (QED) is 0.636. The Morgan fingerprint density at radius 2 is 1.67 bits per heavy atom. The second-order valence-corrected chi connectivity index (χ2v) is 7.17. The van der Waals surface area contributed by atoms with E-state index in [0.29, 0.717) is 16.9 Å². The molecule has 30 heavy (non-hydrogen) atoms. The molecule has 152 valence electrons. The van der Waals surface area contributed by atoms with Crippen LogP contribution in [0.15, 0.2) is 48.5 Å². The highest BCUT2D eigenvalue weighted by Gasteiger charge is 2.25. The number of hydrogen-bond donors (Lipinski definition) is 2. The molecular weight excluding hydrogens is 382 g/mol. The smallest absolute Gasteiger partial charge is 0.339 e. The number of aryl methyl sites for hydroxylation is 1. The molecule has 0 saturated carbocycles. The molecule has 0 aliphatic heterocycles. The molecule has 0 spiro atoms. The molecule has 0 bridgehead atoms. The molecule has 0 radical (unpaired) electrons. The van der Waals surface area contributed by atoms with Gasteiger partial charge in [-0.15, -0.1) is 0 Å². The summed E-state index contributed by atoms with van der Waals surface area (Å²) < 4.78 is 5.34. The third kappa shape index (κ3) is 4.15. The number of aromatic nitrogens is 1. The maximum absolute atomic E-state index is 12.9. The van der Waals surface area contributed by atoms with Gasteiger partial charge in [-0.3, -0.25) is 14.6 Å². The van der Waals surface area contributed by atoms with Gasteiger partial charge in [-0.2, -0.15) is 0 Å². The summed E-state index contributed by atoms with van der Waals surface area (Å²) in [6.45, 7) is 1.03. The first-order valence-corrected chi connectivity index (χ1v) is 9.76. The topological polar surface area (TPSA) is 97.4 Å². The number of amides is 2. The van der Waals surface area contributed by atoms with Gasteiger partial charge in [-0.1, -0.05) is 18.2 Å². The highest BCUT2D eigenvalue weighted by atomic mass is 16.5. The summed E-state index contributed by atoms with van der Waals surface area (Å²) in [5, 5.41) is 6.08. The minimum absolute atomic E-state index is 0.172. The lowest BCUT2D eigenvalue weighted by Crippen LogP contribution is -2.21. The summed E-state index contributed by atoms with van der Waals surface area (Å²) in [4.78, 5) is 40.8. The Bertz CT molecular complexity index is 1140. The molecule has 7 nitrogen and oxygen atoms in total. The average Bonchev–Trinajstić information content (AvgIpc) is 3.19. The van der Waals surface area contributed by atoms with Crippen molar-refractivity contribution >= 4 is 40.1 Å². The van der Waals surface area contributed by atoms with E-state index in [9.17, 15) is 14.4 Å². The lowest BCUT2D eigenvalue weighted by atomic mass is 10.0. The van der Waals surface area contributed by atoms with Crippen LogP contribution in [0.5, 0.6) is 0 Å². The molecule has 2 amide bonds. The number of carbonyl (C=O) groups is 3. The SMILES string of the molecule is CC(=O)Nc1ccc(NC(=O)COC(=O)c2c3c(nc4ccccc24)CCC3)cc1. The second kappa shape index (κ2) is 8.32. The van der Waals surface area contributed by atoms with Gasteiger partial charge in [0.15, 0.2) is 6.61 Å². The molecule has 0 unspecified atom stereocenters. The molecule has 3 aromatic rings. The number of para-hydroxylation sites is 1. The third-order valence-corrected chi connectivity index (χ3v) is 4.95. The van der Waals surface area contributed by atoms with Crippen LogP contribution in [-0.2, 0) is 27.2 Å². The molecular formula is C23H21N3O4. The number of anilines is 2. The van der Waals surface area contributed by atoms with Crippen molar-refractivity contribution < 1.29 is 19.1 Å². The standard InChI is InChI=1S/C23H21N3O4/c1-14(27)24-15-9-11-16(12-10-15)25-21(28)13-30-23(29)22-17-5-2-3-7-19(17)26-20-8-4-6-18(20)22/h2-3,5,7,9-12H,4,6,8,13H2,1H3,(H,24,27)(H,25,28). The van der Waals surface area contributed by atoms with Crippen molar-refractivity contribution in [1.29, 1.82) is 0 Å². The molecule has 1 heterocycles. The molecule has 4 rings (SSSR count). The van der Waals surface area contributed by atoms with E-state index in [-0.39, 0.29) is 5.91 Å². The van der Waals surface area contributed by atoms with Gasteiger partial charge in [0.2, 0.25) is 5.91 Å². The fourth-order valence-electron chi connectivity index (χ4n) is 3.68. The van der Waals surface area contributed by atoms with Gasteiger partial charge in [0.25, 0.3) is 5.91 Å². The second-order valence-electron chi connectivity index (χ2n) is 7.17. The van der Waals surface area contributed by atoms with E-state index in [0.717, 1.165) is 41.4 Å². The van der Waals surface area contributed by atoms with Crippen LogP contribution in [0.1, 0.15) is 35.0 Å². The number of carbonyl (C=O) groups excluding carboxylic acids is 3. The molecule has 2 N–H and O–H groups in total. The number of pyridine rings is 1. The van der Waals surface area contributed by atoms with E-state index in [1.807, 2.05) is 24.3 Å². The number of nitrogens with zero attached hydrogens (tertiary/aromatic N) is 1. The number of hydrogen-bond acceptors (Lipinski definition) is 5. The van der Waals surface area contributed by atoms with Gasteiger partial charge in [0.1, 0.15) is 0 Å². The van der Waals surface area contributed by atoms with E-state index in [4.69, 9.17) is 4.74 Å². The van der Waals surface area contributed by atoms with Crippen LogP contribution >= 0.6 is 0 Å². The lowest BCUT2D eigenvalue weighted by molar-refractivity contribution is -0.119. The highest BCUT2D eigenvalue weighted by Crippen LogP contribution is 2.30. The van der Waals surface area contributed by atoms with E-state index in [1.54, 1.807) is 24.3 Å². The molecule has 0 atom stereocenters. The summed E-state index contributed by atoms with van der Waals surface area (Å²) in [6.07, 6.45) is 2.58. The molecule has 0 saturated heterocycles. The fourth-order valence-corrected chi connectivity index (χ4v) is 3.68. The number of esters is 1. The molecule has 7 heteroatoms. The Hall–Kier alpha value is -3.74. The Morgan fingerprint density at radius 1 is 0.967 bits per heavy atom. The predicted molar refractivity (Wildman–Crippen MR) is 113 cm³/mol. The molecule has 1 aliphatic rings. The summed E-state index contributed by atoms with van der Waals surface area (Å²) in [7, 11) is 0. The van der Waals surface area contributed by atoms with Crippen LogP contribution in [-0.4, -0.2) is 29.4 Å². The van der Waals surface area contributed by atoms with Crippen molar-refractivity contribution in [2.75, 3.05) is 17.2 Å². The Balaban J connectivity index is 1.44. The summed E-state index contributed by atoms with van der Waals surface area (Å²) in [6, 6.07) is 14.2. The number of fused-ring (bicyclic) bond motifs is 2. The normalized spacial score (nSPS) is 12.3. The Kier molecular flexibility index (Phi) is 5.43. The zero-order chi connectivity index (χ0) is 21.1. The molecule has 2 aromatic carbocycles. The lowest BCUT2D eigenvalue weighted by Gasteiger charge is -2.12. The number of rotatable bonds is 5. The highest BCUT2D eigenvalue weighted by molar-refractivity contribution is 6.06. The monoisotopic (exact) mass is 403 g/mol. The van der Waals surface area contributed by atoms with Gasteiger partial charge < -0.3 is 15.4 Å². The molecule has 1 aliphatic carbocycles. The summed E-state index contributed by atoms with van der Waals surface area (Å²) in [5.74, 6) is -1.12. The number of benzene rings is 2. The van der Waals surface area contributed by atoms with E-state index < -0.39 is 18.5 Å². The Morgan fingerprint density at radius 3 is 2.40 bits per heavy atom. The van der Waals surface area contributed by atoms with Gasteiger partial charge in [0.05, 0.1) is 11.1 Å². The summed E-state index contributed by atoms with van der Waals surface area (Å²) >= 11 is 0. The van der Waals surface area contributed by atoms with Gasteiger partial charge in [0, 0.05) is 29.4 Å². The van der Waals surface area contributed by atoms with E-state index in [1.165, 1.54) is 6.92 Å². The third-order valence-electron chi connectivity index (χ3n) is 4.95. The van der Waals surface area contributed by atoms with Crippen molar-refractivity contribution in [1.82, 2.24) is 4.98 Å². The van der Waals surface area contributed by atoms with Crippen LogP contribution in [0.2, 0.25) is 0 Å². The van der Waals surface area contributed by atoms with Crippen molar-refractivity contribution in [2.24, 2.45) is 0 Å². The van der Waals surface area contributed by atoms with Crippen LogP contribution < -0.4 is 10.6 Å². The first-order valence-electron chi connectivity index (χ1n) is 9.76. The van der Waals surface area contributed by atoms with Crippen molar-refractivity contribution in [3.63, 3.8) is 0 Å². The zero-order valence-corrected chi connectivity index (χ0v) is 16.5. The minimum atomic E-state index is -0.511. The van der Waals surface area contributed by atoms with Crippen LogP contribution in [0.3, 0.4) is 0 Å². The number of ether oxygens (including phenoxy) is 1. The van der Waals surface area contributed by atoms with Crippen molar-refractivity contribution in [2.45, 2.75) is 26.2 Å². The van der Waals surface area contributed by atoms with Crippen LogP contribution in [0.25, 0.3) is 10.9 Å². The minimum Gasteiger partial charge on any atom is -0.452 e. The zero-order valence-electron chi connectivity index (χ0n) is 16.5. The molecule has 0 fully saturated rings. The van der Waals surface area contributed by atoms with Gasteiger partial charge >= 0.3 is 5.97 Å². The van der Waals surface area contributed by atoms with E-state index >= 15 is 0 Å². The van der Waals surface area contributed by atoms with E-state index in [2.05, 4.69) is 15.6 Å². The largest absolute Gasteiger partial charge is 0.452 e. The Labute approximate surface area is 173 Å². The van der Waals surface area contributed by atoms with Crippen molar-refractivity contribution in [3.05, 3.63) is 65.4 Å². The molecule has 1 aromatic heterocycles. The predicted octanol–water partition coefficient (Wildman–Crippen LogP) is 3.48. The first-order chi connectivity index (χ1) is 14.5. The summed E-state index contributed by atoms with van der Waals surface area (Å²) in [5.41, 5.74) is 4.30. The van der Waals surface area contributed by atoms with Crippen LogP contribution in [0, 0.1) is 0 Å². The fraction of sp³-hybridized carbons (Fsp3) is 0.217. The van der Waals surface area contributed by atoms with Gasteiger partial charge in [-0.05, 0) is 55.2 Å². The van der Waals surface area contributed by atoms with Crippen LogP contribution in [0.4, 0.5) is 11.4 Å². The average molecular weight is 403 g/mol. The van der Waals surface area contributed by atoms with Crippen molar-refractivity contribution in [3.8, 4) is 0 Å².